The van der Waals surface area contributed by atoms with E-state index in [-0.39, 0.29) is 11.6 Å². The van der Waals surface area contributed by atoms with E-state index in [0.29, 0.717) is 12.2 Å². The highest BCUT2D eigenvalue weighted by atomic mass is 16.2. The molecule has 1 aliphatic carbocycles. The van der Waals surface area contributed by atoms with Gasteiger partial charge in [0.25, 0.3) is 5.56 Å². The van der Waals surface area contributed by atoms with Crippen LogP contribution in [0.25, 0.3) is 0 Å². The summed E-state index contributed by atoms with van der Waals surface area (Å²) in [7, 11) is 0. The van der Waals surface area contributed by atoms with Gasteiger partial charge in [0.15, 0.2) is 0 Å². The molecule has 6 nitrogen and oxygen atoms in total. The molecule has 0 aliphatic heterocycles. The standard InChI is InChI=1S/C19H21N3O3/c1-2-22-12-16(9-10-17(22)23)21-19(25)18(24)20-15-8-7-13-5-3-4-6-14(13)11-15/h3-6,9-10,12,15H,2,7-8,11H2,1H3,(H,20,24)(H,21,25)/t15-/m0/s1. The molecule has 1 aromatic carbocycles. The summed E-state index contributed by atoms with van der Waals surface area (Å²) in [4.78, 5) is 35.8. The van der Waals surface area contributed by atoms with Crippen molar-refractivity contribution < 1.29 is 9.59 Å². The van der Waals surface area contributed by atoms with Crippen molar-refractivity contribution in [2.45, 2.75) is 38.8 Å². The molecular weight excluding hydrogens is 318 g/mol. The first-order valence-corrected chi connectivity index (χ1v) is 8.46. The SMILES string of the molecule is CCn1cc(NC(=O)C(=O)N[C@H]2CCc3ccccc3C2)ccc1=O. The Bertz CT molecular complexity index is 857. The molecule has 25 heavy (non-hydrogen) atoms. The number of carbonyl (C=O) groups is 2. The van der Waals surface area contributed by atoms with E-state index in [2.05, 4.69) is 22.8 Å². The average Bonchev–Trinajstić information content (AvgIpc) is 2.63. The van der Waals surface area contributed by atoms with Crippen LogP contribution in [0, 0.1) is 0 Å². The second kappa shape index (κ2) is 7.34. The van der Waals surface area contributed by atoms with E-state index in [1.807, 2.05) is 19.1 Å². The van der Waals surface area contributed by atoms with Gasteiger partial charge in [-0.2, -0.15) is 0 Å². The zero-order valence-electron chi connectivity index (χ0n) is 14.1. The van der Waals surface area contributed by atoms with E-state index < -0.39 is 11.8 Å². The van der Waals surface area contributed by atoms with Crippen LogP contribution in [-0.4, -0.2) is 22.4 Å². The quantitative estimate of drug-likeness (QED) is 0.831. The Hall–Kier alpha value is -2.89. The first kappa shape index (κ1) is 17.0. The molecule has 1 heterocycles. The van der Waals surface area contributed by atoms with Crippen LogP contribution in [0.5, 0.6) is 0 Å². The van der Waals surface area contributed by atoms with Gasteiger partial charge in [0.1, 0.15) is 0 Å². The van der Waals surface area contributed by atoms with Gasteiger partial charge in [-0.15, -0.1) is 0 Å². The minimum absolute atomic E-state index is 0.0438. The van der Waals surface area contributed by atoms with Gasteiger partial charge < -0.3 is 15.2 Å². The first-order valence-electron chi connectivity index (χ1n) is 8.46. The Balaban J connectivity index is 1.60. The number of rotatable bonds is 3. The maximum absolute atomic E-state index is 12.2. The van der Waals surface area contributed by atoms with Crippen molar-refractivity contribution >= 4 is 17.5 Å². The maximum Gasteiger partial charge on any atom is 0.313 e. The van der Waals surface area contributed by atoms with Gasteiger partial charge in [0, 0.05) is 24.8 Å². The lowest BCUT2D eigenvalue weighted by Gasteiger charge is -2.25. The predicted molar refractivity (Wildman–Crippen MR) is 95.4 cm³/mol. The number of pyridine rings is 1. The van der Waals surface area contributed by atoms with Crippen LogP contribution in [0.1, 0.15) is 24.5 Å². The Morgan fingerprint density at radius 3 is 2.64 bits per heavy atom. The number of carbonyl (C=O) groups excluding carboxylic acids is 2. The number of aryl methyl sites for hydroxylation is 2. The topological polar surface area (TPSA) is 80.2 Å². The molecule has 0 spiro atoms. The molecule has 2 amide bonds. The monoisotopic (exact) mass is 339 g/mol. The Morgan fingerprint density at radius 1 is 1.12 bits per heavy atom. The summed E-state index contributed by atoms with van der Waals surface area (Å²) in [5.41, 5.74) is 2.80. The van der Waals surface area contributed by atoms with E-state index in [0.717, 1.165) is 19.3 Å². The lowest BCUT2D eigenvalue weighted by atomic mass is 9.88. The molecule has 1 aliphatic rings. The lowest BCUT2D eigenvalue weighted by molar-refractivity contribution is -0.136. The third kappa shape index (κ3) is 3.96. The molecular formula is C19H21N3O3. The van der Waals surface area contributed by atoms with Crippen molar-refractivity contribution in [3.05, 3.63) is 64.1 Å². The predicted octanol–water partition coefficient (Wildman–Crippen LogP) is 1.48. The van der Waals surface area contributed by atoms with Crippen molar-refractivity contribution in [2.75, 3.05) is 5.32 Å². The number of nitrogens with one attached hydrogen (secondary N) is 2. The smallest absolute Gasteiger partial charge is 0.313 e. The van der Waals surface area contributed by atoms with Crippen LogP contribution < -0.4 is 16.2 Å². The summed E-state index contributed by atoms with van der Waals surface area (Å²) in [6.07, 6.45) is 3.97. The third-order valence-corrected chi connectivity index (χ3v) is 4.47. The molecule has 1 atom stereocenters. The number of fused-ring (bicyclic) bond motifs is 1. The van der Waals surface area contributed by atoms with E-state index in [1.165, 1.54) is 34.0 Å². The molecule has 0 radical (unpaired) electrons. The van der Waals surface area contributed by atoms with Crippen LogP contribution in [0.3, 0.4) is 0 Å². The average molecular weight is 339 g/mol. The minimum Gasteiger partial charge on any atom is -0.345 e. The zero-order chi connectivity index (χ0) is 17.8. The van der Waals surface area contributed by atoms with Gasteiger partial charge in [0.2, 0.25) is 0 Å². The van der Waals surface area contributed by atoms with Crippen LogP contribution in [0.4, 0.5) is 5.69 Å². The van der Waals surface area contributed by atoms with Crippen molar-refractivity contribution in [3.63, 3.8) is 0 Å². The zero-order valence-corrected chi connectivity index (χ0v) is 14.1. The van der Waals surface area contributed by atoms with Crippen LogP contribution in [0.15, 0.2) is 47.4 Å². The number of amides is 2. The number of aromatic nitrogens is 1. The number of hydrogen-bond acceptors (Lipinski definition) is 3. The number of anilines is 1. The molecule has 0 unspecified atom stereocenters. The van der Waals surface area contributed by atoms with Crippen molar-refractivity contribution in [1.29, 1.82) is 0 Å². The molecule has 6 heteroatoms. The molecule has 2 aromatic rings. The van der Waals surface area contributed by atoms with Crippen LogP contribution in [-0.2, 0) is 29.0 Å². The molecule has 0 saturated heterocycles. The molecule has 0 fully saturated rings. The van der Waals surface area contributed by atoms with Gasteiger partial charge in [-0.25, -0.2) is 0 Å². The number of hydrogen-bond donors (Lipinski definition) is 2. The van der Waals surface area contributed by atoms with Crippen molar-refractivity contribution in [2.24, 2.45) is 0 Å². The summed E-state index contributed by atoms with van der Waals surface area (Å²) in [6, 6.07) is 11.0. The lowest BCUT2D eigenvalue weighted by Crippen LogP contribution is -2.44. The second-order valence-electron chi connectivity index (χ2n) is 6.18. The minimum atomic E-state index is -0.722. The first-order chi connectivity index (χ1) is 12.1. The fraction of sp³-hybridized carbons (Fsp3) is 0.316. The summed E-state index contributed by atoms with van der Waals surface area (Å²) in [5, 5.41) is 5.34. The fourth-order valence-electron chi connectivity index (χ4n) is 3.11. The molecule has 0 bridgehead atoms. The van der Waals surface area contributed by atoms with E-state index in [9.17, 15) is 14.4 Å². The Kier molecular flexibility index (Phi) is 4.97. The highest BCUT2D eigenvalue weighted by Crippen LogP contribution is 2.20. The second-order valence-corrected chi connectivity index (χ2v) is 6.18. The summed E-state index contributed by atoms with van der Waals surface area (Å²) in [6.45, 7) is 2.33. The van der Waals surface area contributed by atoms with E-state index >= 15 is 0 Å². The number of nitrogens with zero attached hydrogens (tertiary/aromatic N) is 1. The third-order valence-electron chi connectivity index (χ3n) is 4.47. The maximum atomic E-state index is 12.2. The van der Waals surface area contributed by atoms with Gasteiger partial charge in [-0.1, -0.05) is 24.3 Å². The highest BCUT2D eigenvalue weighted by molar-refractivity contribution is 6.39. The van der Waals surface area contributed by atoms with Gasteiger partial charge in [0.05, 0.1) is 5.69 Å². The highest BCUT2D eigenvalue weighted by Gasteiger charge is 2.23. The normalized spacial score (nSPS) is 16.0. The van der Waals surface area contributed by atoms with Crippen LogP contribution in [0.2, 0.25) is 0 Å². The molecule has 130 valence electrons. The van der Waals surface area contributed by atoms with Gasteiger partial charge in [-0.3, -0.25) is 14.4 Å². The largest absolute Gasteiger partial charge is 0.345 e. The van der Waals surface area contributed by atoms with Crippen molar-refractivity contribution in [1.82, 2.24) is 9.88 Å². The molecule has 1 aromatic heterocycles. The molecule has 2 N–H and O–H groups in total. The summed E-state index contributed by atoms with van der Waals surface area (Å²) >= 11 is 0. The molecule has 3 rings (SSSR count). The summed E-state index contributed by atoms with van der Waals surface area (Å²) < 4.78 is 1.46. The Morgan fingerprint density at radius 2 is 1.88 bits per heavy atom. The molecule has 0 saturated carbocycles. The van der Waals surface area contributed by atoms with Crippen molar-refractivity contribution in [3.8, 4) is 0 Å². The Labute approximate surface area is 145 Å². The fourth-order valence-corrected chi connectivity index (χ4v) is 3.11. The van der Waals surface area contributed by atoms with Crippen LogP contribution >= 0.6 is 0 Å². The van der Waals surface area contributed by atoms with Gasteiger partial charge >= 0.3 is 11.8 Å². The summed E-state index contributed by atoms with van der Waals surface area (Å²) in [5.74, 6) is -1.38. The van der Waals surface area contributed by atoms with E-state index in [4.69, 9.17) is 0 Å². The van der Waals surface area contributed by atoms with E-state index in [1.54, 1.807) is 0 Å². The van der Waals surface area contributed by atoms with Gasteiger partial charge in [-0.05, 0) is 43.4 Å². The number of benzene rings is 1.